The molecule has 1 aliphatic rings. The highest BCUT2D eigenvalue weighted by molar-refractivity contribution is 5.79. The molecule has 1 amide bonds. The predicted molar refractivity (Wildman–Crippen MR) is 84.0 cm³/mol. The quantitative estimate of drug-likeness (QED) is 0.800. The average Bonchev–Trinajstić information content (AvgIpc) is 3.26. The average molecular weight is 303 g/mol. The van der Waals surface area contributed by atoms with E-state index in [2.05, 4.69) is 28.7 Å². The van der Waals surface area contributed by atoms with Crippen LogP contribution >= 0.6 is 0 Å². The molecule has 3 unspecified atom stereocenters. The Balaban J connectivity index is 1.81. The number of aromatic nitrogens is 2. The zero-order chi connectivity index (χ0) is 16.3. The van der Waals surface area contributed by atoms with E-state index in [1.165, 1.54) is 0 Å². The topological polar surface area (TPSA) is 82.7 Å². The molecule has 1 saturated carbocycles. The van der Waals surface area contributed by atoms with E-state index in [0.717, 1.165) is 18.4 Å². The van der Waals surface area contributed by atoms with Crippen molar-refractivity contribution in [2.75, 3.05) is 6.54 Å². The van der Waals surface area contributed by atoms with Crippen LogP contribution in [0.5, 0.6) is 0 Å². The lowest BCUT2D eigenvalue weighted by atomic mass is 9.98. The molecule has 1 fully saturated rings. The van der Waals surface area contributed by atoms with Gasteiger partial charge in [-0.05, 0) is 52.0 Å². The number of carbonyl (C=O) groups is 1. The van der Waals surface area contributed by atoms with Crippen molar-refractivity contribution in [3.63, 3.8) is 0 Å². The highest BCUT2D eigenvalue weighted by Crippen LogP contribution is 2.39. The van der Waals surface area contributed by atoms with Gasteiger partial charge in [0.05, 0.1) is 24.9 Å². The van der Waals surface area contributed by atoms with Crippen molar-refractivity contribution in [1.29, 1.82) is 5.26 Å². The van der Waals surface area contributed by atoms with Gasteiger partial charge in [0.1, 0.15) is 5.54 Å². The Labute approximate surface area is 131 Å². The molecule has 0 spiro atoms. The zero-order valence-corrected chi connectivity index (χ0v) is 13.8. The molecular weight excluding hydrogens is 278 g/mol. The Kier molecular flexibility index (Phi) is 4.87. The minimum absolute atomic E-state index is 0.0966. The van der Waals surface area contributed by atoms with E-state index in [1.54, 1.807) is 6.92 Å². The summed E-state index contributed by atoms with van der Waals surface area (Å²) in [4.78, 5) is 12.1. The van der Waals surface area contributed by atoms with Crippen LogP contribution < -0.4 is 10.6 Å². The number of amides is 1. The van der Waals surface area contributed by atoms with Gasteiger partial charge in [-0.3, -0.25) is 9.48 Å². The van der Waals surface area contributed by atoms with Crippen LogP contribution in [0, 0.1) is 24.2 Å². The maximum atomic E-state index is 12.1. The monoisotopic (exact) mass is 303 g/mol. The summed E-state index contributed by atoms with van der Waals surface area (Å²) < 4.78 is 1.90. The maximum Gasteiger partial charge on any atom is 0.235 e. The first-order valence-electron chi connectivity index (χ1n) is 7.82. The molecule has 2 rings (SSSR count). The smallest absolute Gasteiger partial charge is 0.235 e. The van der Waals surface area contributed by atoms with Gasteiger partial charge in [-0.2, -0.15) is 10.4 Å². The Bertz CT molecular complexity index is 571. The number of carbonyl (C=O) groups excluding carboxylic acids is 1. The number of hydrogen-bond donors (Lipinski definition) is 2. The second kappa shape index (κ2) is 6.49. The Morgan fingerprint density at radius 2 is 2.27 bits per heavy atom. The minimum Gasteiger partial charge on any atom is -0.337 e. The van der Waals surface area contributed by atoms with Crippen LogP contribution in [0.3, 0.4) is 0 Å². The lowest BCUT2D eigenvalue weighted by Crippen LogP contribution is -2.51. The van der Waals surface area contributed by atoms with E-state index in [9.17, 15) is 10.1 Å². The van der Waals surface area contributed by atoms with Crippen LogP contribution in [-0.2, 0) is 4.79 Å². The predicted octanol–water partition coefficient (Wildman–Crippen LogP) is 1.54. The SMILES string of the molecule is Cc1cnn(C(C)C(C)NCC(=O)NC(C)(C#N)C2CC2)c1. The van der Waals surface area contributed by atoms with E-state index >= 15 is 0 Å². The molecule has 1 aromatic heterocycles. The van der Waals surface area contributed by atoms with Gasteiger partial charge in [-0.25, -0.2) is 0 Å². The number of aryl methyl sites for hydroxylation is 1. The standard InChI is InChI=1S/C16H25N5O/c1-11-7-19-21(9-11)13(3)12(2)18-8-15(22)20-16(4,10-17)14-5-6-14/h7,9,12-14,18H,5-6,8H2,1-4H3,(H,20,22). The zero-order valence-electron chi connectivity index (χ0n) is 13.8. The fraction of sp³-hybridized carbons (Fsp3) is 0.688. The van der Waals surface area contributed by atoms with Gasteiger partial charge in [0, 0.05) is 12.2 Å². The summed E-state index contributed by atoms with van der Waals surface area (Å²) in [5.41, 5.74) is 0.387. The molecule has 0 aliphatic heterocycles. The number of rotatable bonds is 7. The van der Waals surface area contributed by atoms with E-state index < -0.39 is 5.54 Å². The number of nitrogens with zero attached hydrogens (tertiary/aromatic N) is 3. The van der Waals surface area contributed by atoms with Gasteiger partial charge in [0.15, 0.2) is 0 Å². The lowest BCUT2D eigenvalue weighted by Gasteiger charge is -2.25. The summed E-state index contributed by atoms with van der Waals surface area (Å²) in [7, 11) is 0. The van der Waals surface area contributed by atoms with Gasteiger partial charge < -0.3 is 10.6 Å². The molecule has 0 radical (unpaired) electrons. The van der Waals surface area contributed by atoms with Gasteiger partial charge in [0.2, 0.25) is 5.91 Å². The third-order valence-corrected chi connectivity index (χ3v) is 4.48. The van der Waals surface area contributed by atoms with Crippen molar-refractivity contribution < 1.29 is 4.79 Å². The molecule has 6 heteroatoms. The molecule has 1 heterocycles. The van der Waals surface area contributed by atoms with Crippen molar-refractivity contribution in [3.05, 3.63) is 18.0 Å². The third-order valence-electron chi connectivity index (χ3n) is 4.48. The number of hydrogen-bond acceptors (Lipinski definition) is 4. The summed E-state index contributed by atoms with van der Waals surface area (Å²) in [6.07, 6.45) is 5.85. The Morgan fingerprint density at radius 1 is 1.59 bits per heavy atom. The van der Waals surface area contributed by atoms with Crippen molar-refractivity contribution in [2.24, 2.45) is 5.92 Å². The second-order valence-electron chi connectivity index (χ2n) is 6.54. The first-order chi connectivity index (χ1) is 10.4. The first kappa shape index (κ1) is 16.5. The van der Waals surface area contributed by atoms with Crippen LogP contribution in [0.2, 0.25) is 0 Å². The van der Waals surface area contributed by atoms with Gasteiger partial charge in [-0.15, -0.1) is 0 Å². The summed E-state index contributed by atoms with van der Waals surface area (Å²) in [5, 5.41) is 19.6. The summed E-state index contributed by atoms with van der Waals surface area (Å²) in [6.45, 7) is 8.10. The molecule has 1 aliphatic carbocycles. The molecule has 0 bridgehead atoms. The third kappa shape index (κ3) is 3.86. The molecule has 0 saturated heterocycles. The fourth-order valence-electron chi connectivity index (χ4n) is 2.52. The normalized spacial score (nSPS) is 19.8. The molecule has 2 N–H and O–H groups in total. The molecule has 1 aromatic rings. The Morgan fingerprint density at radius 3 is 2.77 bits per heavy atom. The van der Waals surface area contributed by atoms with Crippen molar-refractivity contribution in [2.45, 2.75) is 58.2 Å². The molecule has 0 aromatic carbocycles. The van der Waals surface area contributed by atoms with E-state index in [-0.39, 0.29) is 24.5 Å². The lowest BCUT2D eigenvalue weighted by molar-refractivity contribution is -0.121. The number of nitriles is 1. The highest BCUT2D eigenvalue weighted by Gasteiger charge is 2.42. The van der Waals surface area contributed by atoms with Crippen LogP contribution in [0.4, 0.5) is 0 Å². The fourth-order valence-corrected chi connectivity index (χ4v) is 2.52. The first-order valence-corrected chi connectivity index (χ1v) is 7.82. The molecule has 6 nitrogen and oxygen atoms in total. The largest absolute Gasteiger partial charge is 0.337 e. The molecule has 120 valence electrons. The van der Waals surface area contributed by atoms with Gasteiger partial charge >= 0.3 is 0 Å². The maximum absolute atomic E-state index is 12.1. The molecule has 3 atom stereocenters. The number of nitrogens with one attached hydrogen (secondary N) is 2. The van der Waals surface area contributed by atoms with Crippen molar-refractivity contribution in [3.8, 4) is 6.07 Å². The van der Waals surface area contributed by atoms with E-state index in [1.807, 2.05) is 30.9 Å². The highest BCUT2D eigenvalue weighted by atomic mass is 16.2. The van der Waals surface area contributed by atoms with Crippen LogP contribution in [0.15, 0.2) is 12.4 Å². The van der Waals surface area contributed by atoms with Crippen LogP contribution in [0.25, 0.3) is 0 Å². The summed E-state index contributed by atoms with van der Waals surface area (Å²) >= 11 is 0. The second-order valence-corrected chi connectivity index (χ2v) is 6.54. The van der Waals surface area contributed by atoms with Crippen molar-refractivity contribution >= 4 is 5.91 Å². The van der Waals surface area contributed by atoms with E-state index in [0.29, 0.717) is 5.92 Å². The van der Waals surface area contributed by atoms with Crippen LogP contribution in [-0.4, -0.2) is 33.8 Å². The molecular formula is C16H25N5O. The van der Waals surface area contributed by atoms with Crippen LogP contribution in [0.1, 0.15) is 45.2 Å². The molecule has 22 heavy (non-hydrogen) atoms. The van der Waals surface area contributed by atoms with Gasteiger partial charge in [-0.1, -0.05) is 0 Å². The minimum atomic E-state index is -0.729. The van der Waals surface area contributed by atoms with Gasteiger partial charge in [0.25, 0.3) is 0 Å². The van der Waals surface area contributed by atoms with E-state index in [4.69, 9.17) is 0 Å². The Hall–Kier alpha value is -1.87. The van der Waals surface area contributed by atoms with Crippen molar-refractivity contribution in [1.82, 2.24) is 20.4 Å². The summed E-state index contributed by atoms with van der Waals surface area (Å²) in [5.74, 6) is 0.163. The summed E-state index contributed by atoms with van der Waals surface area (Å²) in [6, 6.07) is 2.48.